The van der Waals surface area contributed by atoms with Crippen LogP contribution in [0.15, 0.2) is 18.2 Å². The Kier molecular flexibility index (Phi) is 5.42. The van der Waals surface area contributed by atoms with E-state index in [0.717, 1.165) is 12.1 Å². The lowest BCUT2D eigenvalue weighted by molar-refractivity contribution is -0.131. The molecule has 1 rings (SSSR count). The van der Waals surface area contributed by atoms with Crippen LogP contribution in [0.3, 0.4) is 0 Å². The van der Waals surface area contributed by atoms with E-state index in [4.69, 9.17) is 5.11 Å². The Balaban J connectivity index is 2.82. The molecule has 1 aromatic carbocycles. The average Bonchev–Trinajstić information content (AvgIpc) is 2.34. The van der Waals surface area contributed by atoms with Crippen LogP contribution in [0.25, 0.3) is 0 Å². The number of carbonyl (C=O) groups excluding carboxylic acids is 1. The Labute approximate surface area is 111 Å². The lowest BCUT2D eigenvalue weighted by Crippen LogP contribution is -2.33. The first-order valence-corrected chi connectivity index (χ1v) is 6.21. The second-order valence-corrected chi connectivity index (χ2v) is 4.75. The van der Waals surface area contributed by atoms with Crippen molar-refractivity contribution in [3.8, 4) is 0 Å². The number of aliphatic hydroxyl groups excluding tert-OH is 1. The fourth-order valence-corrected chi connectivity index (χ4v) is 1.87. The van der Waals surface area contributed by atoms with Gasteiger partial charge in [-0.05, 0) is 32.4 Å². The molecule has 19 heavy (non-hydrogen) atoms. The number of rotatable bonds is 5. The van der Waals surface area contributed by atoms with Gasteiger partial charge >= 0.3 is 0 Å². The van der Waals surface area contributed by atoms with Gasteiger partial charge in [-0.2, -0.15) is 0 Å². The molecule has 0 heterocycles. The maximum atomic E-state index is 13.6. The number of hydrogen-bond acceptors (Lipinski definition) is 2. The Hall–Kier alpha value is -1.49. The van der Waals surface area contributed by atoms with Crippen LogP contribution in [0.5, 0.6) is 0 Å². The summed E-state index contributed by atoms with van der Waals surface area (Å²) < 4.78 is 27.2. The molecule has 1 aromatic rings. The van der Waals surface area contributed by atoms with Gasteiger partial charge in [0.25, 0.3) is 0 Å². The molecule has 0 saturated carbocycles. The number of benzene rings is 1. The molecule has 0 aromatic heterocycles. The van der Waals surface area contributed by atoms with E-state index >= 15 is 0 Å². The van der Waals surface area contributed by atoms with E-state index in [0.29, 0.717) is 13.0 Å². The third-order valence-corrected chi connectivity index (χ3v) is 3.06. The van der Waals surface area contributed by atoms with Gasteiger partial charge in [-0.25, -0.2) is 8.78 Å². The summed E-state index contributed by atoms with van der Waals surface area (Å²) in [5, 5.41) is 9.17. The smallest absolute Gasteiger partial charge is 0.229 e. The normalized spacial score (nSPS) is 14.0. The fourth-order valence-electron chi connectivity index (χ4n) is 1.87. The SMILES string of the molecule is CC(O)CCN(C)C(=O)C(C)c1c(F)cccc1F. The lowest BCUT2D eigenvalue weighted by Gasteiger charge is -2.22. The first kappa shape index (κ1) is 15.6. The molecule has 0 radical (unpaired) electrons. The van der Waals surface area contributed by atoms with Crippen LogP contribution < -0.4 is 0 Å². The first-order chi connectivity index (χ1) is 8.84. The fraction of sp³-hybridized carbons (Fsp3) is 0.500. The molecule has 106 valence electrons. The van der Waals surface area contributed by atoms with E-state index in [-0.39, 0.29) is 11.5 Å². The summed E-state index contributed by atoms with van der Waals surface area (Å²) in [4.78, 5) is 13.4. The predicted molar refractivity (Wildman–Crippen MR) is 68.7 cm³/mol. The number of nitrogens with zero attached hydrogens (tertiary/aromatic N) is 1. The maximum Gasteiger partial charge on any atom is 0.229 e. The molecule has 2 atom stereocenters. The van der Waals surface area contributed by atoms with Crippen molar-refractivity contribution in [2.75, 3.05) is 13.6 Å². The summed E-state index contributed by atoms with van der Waals surface area (Å²) in [5.74, 6) is -2.69. The van der Waals surface area contributed by atoms with Crippen LogP contribution in [0.1, 0.15) is 31.7 Å². The second kappa shape index (κ2) is 6.61. The number of hydrogen-bond donors (Lipinski definition) is 1. The molecular formula is C14H19F2NO2. The van der Waals surface area contributed by atoms with Gasteiger partial charge in [0.2, 0.25) is 5.91 Å². The molecule has 0 aliphatic rings. The quantitative estimate of drug-likeness (QED) is 0.892. The van der Waals surface area contributed by atoms with E-state index < -0.39 is 23.7 Å². The summed E-state index contributed by atoms with van der Waals surface area (Å²) in [5.41, 5.74) is -0.212. The second-order valence-electron chi connectivity index (χ2n) is 4.75. The van der Waals surface area contributed by atoms with Gasteiger partial charge in [-0.15, -0.1) is 0 Å². The minimum Gasteiger partial charge on any atom is -0.393 e. The van der Waals surface area contributed by atoms with Crippen LogP contribution in [0.4, 0.5) is 8.78 Å². The van der Waals surface area contributed by atoms with Crippen molar-refractivity contribution in [1.82, 2.24) is 4.90 Å². The van der Waals surface area contributed by atoms with E-state index in [1.54, 1.807) is 14.0 Å². The molecule has 1 N–H and O–H groups in total. The van der Waals surface area contributed by atoms with E-state index in [1.807, 2.05) is 0 Å². The van der Waals surface area contributed by atoms with Crippen molar-refractivity contribution in [2.24, 2.45) is 0 Å². The number of likely N-dealkylation sites (N-methyl/N-ethyl adjacent to an activating group) is 1. The third-order valence-electron chi connectivity index (χ3n) is 3.06. The number of amides is 1. The van der Waals surface area contributed by atoms with Crippen molar-refractivity contribution in [3.05, 3.63) is 35.4 Å². The van der Waals surface area contributed by atoms with Gasteiger partial charge in [0, 0.05) is 19.2 Å². The summed E-state index contributed by atoms with van der Waals surface area (Å²) in [6.45, 7) is 3.44. The highest BCUT2D eigenvalue weighted by molar-refractivity contribution is 5.83. The van der Waals surface area contributed by atoms with Crippen molar-refractivity contribution in [3.63, 3.8) is 0 Å². The van der Waals surface area contributed by atoms with Crippen molar-refractivity contribution >= 4 is 5.91 Å². The lowest BCUT2D eigenvalue weighted by atomic mass is 9.98. The minimum atomic E-state index is -0.889. The zero-order chi connectivity index (χ0) is 14.6. The standard InChI is InChI=1S/C14H19F2NO2/c1-9(18)7-8-17(3)14(19)10(2)13-11(15)5-4-6-12(13)16/h4-6,9-10,18H,7-8H2,1-3H3. The Morgan fingerprint density at radius 3 is 2.32 bits per heavy atom. The van der Waals surface area contributed by atoms with Gasteiger partial charge in [0.15, 0.2) is 0 Å². The molecule has 0 bridgehead atoms. The van der Waals surface area contributed by atoms with Crippen LogP contribution in [0.2, 0.25) is 0 Å². The minimum absolute atomic E-state index is 0.212. The summed E-state index contributed by atoms with van der Waals surface area (Å²) in [6.07, 6.45) is -0.0925. The summed E-state index contributed by atoms with van der Waals surface area (Å²) >= 11 is 0. The summed E-state index contributed by atoms with van der Waals surface area (Å²) in [6, 6.07) is 3.54. The van der Waals surface area contributed by atoms with Crippen LogP contribution in [-0.4, -0.2) is 35.6 Å². The Morgan fingerprint density at radius 2 is 1.84 bits per heavy atom. The van der Waals surface area contributed by atoms with Crippen LogP contribution in [-0.2, 0) is 4.79 Å². The Bertz CT molecular complexity index is 429. The van der Waals surface area contributed by atoms with E-state index in [2.05, 4.69) is 0 Å². The topological polar surface area (TPSA) is 40.5 Å². The largest absolute Gasteiger partial charge is 0.393 e. The molecule has 2 unspecified atom stereocenters. The number of halogens is 2. The van der Waals surface area contributed by atoms with Gasteiger partial charge in [-0.1, -0.05) is 6.07 Å². The molecule has 0 saturated heterocycles. The predicted octanol–water partition coefficient (Wildman–Crippen LogP) is 2.30. The zero-order valence-electron chi connectivity index (χ0n) is 11.4. The monoisotopic (exact) mass is 271 g/mol. The Morgan fingerprint density at radius 1 is 1.32 bits per heavy atom. The number of aliphatic hydroxyl groups is 1. The zero-order valence-corrected chi connectivity index (χ0v) is 11.4. The van der Waals surface area contributed by atoms with E-state index in [1.165, 1.54) is 17.9 Å². The molecule has 3 nitrogen and oxygen atoms in total. The highest BCUT2D eigenvalue weighted by Gasteiger charge is 2.25. The molecule has 0 aliphatic carbocycles. The van der Waals surface area contributed by atoms with Gasteiger partial charge in [0.1, 0.15) is 11.6 Å². The van der Waals surface area contributed by atoms with E-state index in [9.17, 15) is 13.6 Å². The molecule has 5 heteroatoms. The third kappa shape index (κ3) is 3.99. The van der Waals surface area contributed by atoms with Crippen LogP contribution in [0, 0.1) is 11.6 Å². The van der Waals surface area contributed by atoms with Gasteiger partial charge < -0.3 is 10.0 Å². The van der Waals surface area contributed by atoms with Crippen molar-refractivity contribution in [1.29, 1.82) is 0 Å². The van der Waals surface area contributed by atoms with Gasteiger partial charge in [0.05, 0.1) is 12.0 Å². The van der Waals surface area contributed by atoms with Crippen molar-refractivity contribution < 1.29 is 18.7 Å². The highest BCUT2D eigenvalue weighted by Crippen LogP contribution is 2.23. The highest BCUT2D eigenvalue weighted by atomic mass is 19.1. The molecule has 0 fully saturated rings. The maximum absolute atomic E-state index is 13.6. The molecule has 1 amide bonds. The summed E-state index contributed by atoms with van der Waals surface area (Å²) in [7, 11) is 1.56. The molecule has 0 spiro atoms. The van der Waals surface area contributed by atoms with Crippen LogP contribution >= 0.6 is 0 Å². The first-order valence-electron chi connectivity index (χ1n) is 6.21. The molecular weight excluding hydrogens is 252 g/mol. The van der Waals surface area contributed by atoms with Crippen molar-refractivity contribution in [2.45, 2.75) is 32.3 Å². The molecule has 0 aliphatic heterocycles. The van der Waals surface area contributed by atoms with Gasteiger partial charge in [-0.3, -0.25) is 4.79 Å². The number of carbonyl (C=O) groups is 1. The average molecular weight is 271 g/mol.